The molecule has 0 aliphatic heterocycles. The molecule has 6 aromatic rings. The molecule has 3 aromatic heterocycles. The van der Waals surface area contributed by atoms with Crippen LogP contribution in [0.1, 0.15) is 11.1 Å². The lowest BCUT2D eigenvalue weighted by atomic mass is 10.1. The van der Waals surface area contributed by atoms with Crippen LogP contribution in [0.3, 0.4) is 0 Å². The molecule has 6 rings (SSSR count). The molecule has 0 saturated heterocycles. The van der Waals surface area contributed by atoms with Gasteiger partial charge in [0.25, 0.3) is 5.69 Å². The summed E-state index contributed by atoms with van der Waals surface area (Å²) in [4.78, 5) is 31.6. The van der Waals surface area contributed by atoms with Gasteiger partial charge in [-0.25, -0.2) is 4.98 Å². The van der Waals surface area contributed by atoms with Crippen molar-refractivity contribution in [2.75, 3.05) is 7.11 Å². The van der Waals surface area contributed by atoms with Crippen molar-refractivity contribution in [3.05, 3.63) is 110 Å². The number of ether oxygens (including phenoxy) is 1. The van der Waals surface area contributed by atoms with Gasteiger partial charge in [-0.15, -0.1) is 0 Å². The van der Waals surface area contributed by atoms with E-state index < -0.39 is 21.2 Å². The lowest BCUT2D eigenvalue weighted by Crippen LogP contribution is -2.03. The molecule has 0 bridgehead atoms. The number of aromatic nitrogens is 3. The second kappa shape index (κ2) is 9.18. The van der Waals surface area contributed by atoms with E-state index in [1.54, 1.807) is 18.3 Å². The average molecular weight is 520 g/mol. The number of nitrogens with zero attached hydrogens (tertiary/aromatic N) is 5. The molecule has 0 unspecified atom stereocenters. The summed E-state index contributed by atoms with van der Waals surface area (Å²) >= 11 is 0. The van der Waals surface area contributed by atoms with Gasteiger partial charge in [0.15, 0.2) is 0 Å². The summed E-state index contributed by atoms with van der Waals surface area (Å²) in [6, 6.07) is 22.3. The van der Waals surface area contributed by atoms with Gasteiger partial charge in [-0.3, -0.25) is 25.2 Å². The van der Waals surface area contributed by atoms with Crippen LogP contribution in [-0.4, -0.2) is 31.5 Å². The van der Waals surface area contributed by atoms with Crippen molar-refractivity contribution in [1.29, 1.82) is 0 Å². The number of hydrogen-bond acceptors (Lipinski definition) is 7. The molecule has 39 heavy (non-hydrogen) atoms. The topological polar surface area (TPSA) is 126 Å². The first-order valence-corrected chi connectivity index (χ1v) is 12.1. The van der Waals surface area contributed by atoms with Crippen molar-refractivity contribution in [3.63, 3.8) is 0 Å². The summed E-state index contributed by atoms with van der Waals surface area (Å²) in [7, 11) is 1.28. The number of hydrogen-bond donors (Lipinski definition) is 0. The summed E-state index contributed by atoms with van der Waals surface area (Å²) in [5.41, 5.74) is 4.02. The molecule has 0 saturated carbocycles. The summed E-state index contributed by atoms with van der Waals surface area (Å²) in [6.07, 6.45) is 1.77. The number of rotatable bonds is 6. The minimum absolute atomic E-state index is 0.0251. The van der Waals surface area contributed by atoms with Crippen molar-refractivity contribution in [1.82, 2.24) is 14.5 Å². The van der Waals surface area contributed by atoms with Gasteiger partial charge >= 0.3 is 5.69 Å². The Labute approximate surface area is 221 Å². The number of benzene rings is 3. The Hall–Kier alpha value is -5.38. The lowest BCUT2D eigenvalue weighted by molar-refractivity contribution is -0.393. The third kappa shape index (κ3) is 3.81. The first-order valence-electron chi connectivity index (χ1n) is 12.1. The maximum absolute atomic E-state index is 11.8. The number of non-ortho nitro benzene ring substituents is 1. The second-order valence-electron chi connectivity index (χ2n) is 9.16. The van der Waals surface area contributed by atoms with E-state index >= 15 is 0 Å². The first-order chi connectivity index (χ1) is 18.9. The van der Waals surface area contributed by atoms with E-state index in [4.69, 9.17) is 14.7 Å². The van der Waals surface area contributed by atoms with E-state index in [2.05, 4.69) is 28.8 Å². The Balaban J connectivity index is 1.70. The predicted molar refractivity (Wildman–Crippen MR) is 148 cm³/mol. The monoisotopic (exact) mass is 519 g/mol. The van der Waals surface area contributed by atoms with E-state index in [0.717, 1.165) is 39.0 Å². The van der Waals surface area contributed by atoms with Crippen molar-refractivity contribution >= 4 is 44.1 Å². The maximum atomic E-state index is 11.8. The van der Waals surface area contributed by atoms with Gasteiger partial charge in [-0.05, 0) is 36.2 Å². The zero-order valence-electron chi connectivity index (χ0n) is 21.0. The summed E-state index contributed by atoms with van der Waals surface area (Å²) < 4.78 is 7.54. The molecular weight excluding hydrogens is 498 g/mol. The van der Waals surface area contributed by atoms with Crippen LogP contribution in [-0.2, 0) is 6.54 Å². The minimum atomic E-state index is -0.709. The van der Waals surface area contributed by atoms with Crippen LogP contribution in [0.5, 0.6) is 5.75 Å². The average Bonchev–Trinajstić information content (AvgIpc) is 3.27. The molecular formula is C29H21N5O5. The second-order valence-corrected chi connectivity index (χ2v) is 9.16. The van der Waals surface area contributed by atoms with E-state index in [1.165, 1.54) is 7.11 Å². The Kier molecular flexibility index (Phi) is 5.64. The fourth-order valence-corrected chi connectivity index (χ4v) is 5.21. The van der Waals surface area contributed by atoms with Crippen molar-refractivity contribution < 1.29 is 14.6 Å². The molecule has 0 radical (unpaired) electrons. The largest absolute Gasteiger partial charge is 0.489 e. The third-order valence-corrected chi connectivity index (χ3v) is 6.89. The molecule has 3 heterocycles. The third-order valence-electron chi connectivity index (χ3n) is 6.89. The zero-order valence-corrected chi connectivity index (χ0v) is 21.0. The van der Waals surface area contributed by atoms with Gasteiger partial charge < -0.3 is 9.30 Å². The maximum Gasteiger partial charge on any atom is 0.320 e. The molecule has 10 heteroatoms. The van der Waals surface area contributed by atoms with E-state index in [-0.39, 0.29) is 16.7 Å². The van der Waals surface area contributed by atoms with Crippen LogP contribution in [0.2, 0.25) is 0 Å². The zero-order chi connectivity index (χ0) is 27.3. The Morgan fingerprint density at radius 2 is 1.62 bits per heavy atom. The quantitative estimate of drug-likeness (QED) is 0.179. The molecule has 0 fully saturated rings. The number of pyridine rings is 2. The van der Waals surface area contributed by atoms with E-state index in [0.29, 0.717) is 17.9 Å². The number of fused-ring (bicyclic) bond motifs is 4. The SMILES string of the molecule is COc1c([N+](=O)[O-])cc([N+](=O)[O-])c2ccc(-c3ncc(C)c4c5ccccc5n(Cc5ccccc5)c34)nc12. The van der Waals surface area contributed by atoms with Crippen LogP contribution >= 0.6 is 0 Å². The number of para-hydroxylation sites is 1. The van der Waals surface area contributed by atoms with Gasteiger partial charge in [0.1, 0.15) is 11.2 Å². The van der Waals surface area contributed by atoms with Crippen LogP contribution in [0.15, 0.2) is 79.0 Å². The summed E-state index contributed by atoms with van der Waals surface area (Å²) in [5.74, 6) is -0.143. The summed E-state index contributed by atoms with van der Waals surface area (Å²) in [6.45, 7) is 2.58. The molecule has 0 spiro atoms. The van der Waals surface area contributed by atoms with Gasteiger partial charge in [-0.1, -0.05) is 48.5 Å². The van der Waals surface area contributed by atoms with Gasteiger partial charge in [-0.2, -0.15) is 0 Å². The van der Waals surface area contributed by atoms with Gasteiger partial charge in [0.2, 0.25) is 5.75 Å². The predicted octanol–water partition coefficient (Wildman–Crippen LogP) is 6.59. The Bertz CT molecular complexity index is 1950. The molecule has 0 aliphatic rings. The fourth-order valence-electron chi connectivity index (χ4n) is 5.21. The normalized spacial score (nSPS) is 11.3. The van der Waals surface area contributed by atoms with Crippen molar-refractivity contribution in [2.24, 2.45) is 0 Å². The fraction of sp³-hybridized carbons (Fsp3) is 0.103. The van der Waals surface area contributed by atoms with E-state index in [1.807, 2.05) is 37.3 Å². The molecule has 0 N–H and O–H groups in total. The highest BCUT2D eigenvalue weighted by molar-refractivity contribution is 6.13. The standard InChI is InChI=1S/C29H21N5O5/c1-17-15-30-27(21-13-12-20-23(33(35)36)14-24(34(37)38)29(39-2)26(20)31-21)28-25(17)19-10-6-7-11-22(19)32(28)16-18-8-4-3-5-9-18/h3-15H,16H2,1-2H3. The van der Waals surface area contributed by atoms with Crippen LogP contribution in [0.25, 0.3) is 44.1 Å². The molecule has 10 nitrogen and oxygen atoms in total. The molecule has 3 aromatic carbocycles. The Morgan fingerprint density at radius 1 is 0.897 bits per heavy atom. The highest BCUT2D eigenvalue weighted by Gasteiger charge is 2.28. The van der Waals surface area contributed by atoms with Gasteiger partial charge in [0, 0.05) is 29.0 Å². The first kappa shape index (κ1) is 24.0. The van der Waals surface area contributed by atoms with Crippen molar-refractivity contribution in [2.45, 2.75) is 13.5 Å². The number of nitro benzene ring substituents is 2. The lowest BCUT2D eigenvalue weighted by Gasteiger charge is -2.12. The number of aryl methyl sites for hydroxylation is 1. The molecule has 192 valence electrons. The van der Waals surface area contributed by atoms with Crippen molar-refractivity contribution in [3.8, 4) is 17.1 Å². The molecule has 0 amide bonds. The highest BCUT2D eigenvalue weighted by atomic mass is 16.6. The van der Waals surface area contributed by atoms with E-state index in [9.17, 15) is 20.2 Å². The van der Waals surface area contributed by atoms with Gasteiger partial charge in [0.05, 0.1) is 39.6 Å². The van der Waals surface area contributed by atoms with Crippen LogP contribution in [0.4, 0.5) is 11.4 Å². The Morgan fingerprint density at radius 3 is 2.33 bits per heavy atom. The molecule has 0 aliphatic carbocycles. The highest BCUT2D eigenvalue weighted by Crippen LogP contribution is 2.42. The smallest absolute Gasteiger partial charge is 0.320 e. The van der Waals surface area contributed by atoms with Crippen LogP contribution < -0.4 is 4.74 Å². The minimum Gasteiger partial charge on any atom is -0.489 e. The number of methoxy groups -OCH3 is 1. The summed E-state index contributed by atoms with van der Waals surface area (Å²) in [5, 5.41) is 25.7. The van der Waals surface area contributed by atoms with Crippen LogP contribution in [0, 0.1) is 27.2 Å². The molecule has 0 atom stereocenters. The number of nitro groups is 2.